The van der Waals surface area contributed by atoms with Gasteiger partial charge in [-0.15, -0.1) is 11.8 Å². The van der Waals surface area contributed by atoms with Gasteiger partial charge in [0.2, 0.25) is 0 Å². The van der Waals surface area contributed by atoms with Gasteiger partial charge in [-0.05, 0) is 31.0 Å². The molecule has 0 amide bonds. The molecule has 0 aliphatic heterocycles. The number of ether oxygens (including phenoxy) is 2. The summed E-state index contributed by atoms with van der Waals surface area (Å²) in [6, 6.07) is 18.1. The van der Waals surface area contributed by atoms with Crippen molar-refractivity contribution in [3.63, 3.8) is 0 Å². The lowest BCUT2D eigenvalue weighted by atomic mass is 10.1. The molecule has 0 bridgehead atoms. The Morgan fingerprint density at radius 3 is 2.48 bits per heavy atom. The topological polar surface area (TPSA) is 55.8 Å². The molecule has 27 heavy (non-hydrogen) atoms. The van der Waals surface area contributed by atoms with Gasteiger partial charge in [0.15, 0.2) is 0 Å². The van der Waals surface area contributed by atoms with Gasteiger partial charge in [0, 0.05) is 4.90 Å². The van der Waals surface area contributed by atoms with Crippen molar-refractivity contribution in [3.8, 4) is 0 Å². The third-order valence-corrected chi connectivity index (χ3v) is 5.42. The minimum Gasteiger partial charge on any atom is -0.464 e. The number of aliphatic hydroxyl groups is 1. The van der Waals surface area contributed by atoms with Gasteiger partial charge in [-0.3, -0.25) is 0 Å². The van der Waals surface area contributed by atoms with Crippen LogP contribution in [0.2, 0.25) is 0 Å². The van der Waals surface area contributed by atoms with Crippen molar-refractivity contribution in [2.24, 2.45) is 0 Å². The van der Waals surface area contributed by atoms with Crippen LogP contribution in [0.4, 0.5) is 0 Å². The van der Waals surface area contributed by atoms with E-state index in [0.717, 1.165) is 23.3 Å². The molecular weight excluding hydrogens is 360 g/mol. The van der Waals surface area contributed by atoms with E-state index >= 15 is 0 Å². The van der Waals surface area contributed by atoms with E-state index < -0.39 is 12.1 Å². The molecule has 0 aromatic heterocycles. The van der Waals surface area contributed by atoms with Gasteiger partial charge in [0.25, 0.3) is 0 Å². The Balaban J connectivity index is 1.94. The highest BCUT2D eigenvalue weighted by molar-refractivity contribution is 7.99. The smallest absolute Gasteiger partial charge is 0.332 e. The maximum absolute atomic E-state index is 11.6. The fourth-order valence-electron chi connectivity index (χ4n) is 2.50. The number of carbonyl (C=O) groups is 1. The van der Waals surface area contributed by atoms with E-state index in [1.165, 1.54) is 5.56 Å². The molecule has 0 heterocycles. The molecule has 0 saturated carbocycles. The molecule has 5 heteroatoms. The van der Waals surface area contributed by atoms with Gasteiger partial charge in [-0.2, -0.15) is 0 Å². The molecule has 0 radical (unpaired) electrons. The van der Waals surface area contributed by atoms with Crippen LogP contribution in [0, 0.1) is 6.92 Å². The van der Waals surface area contributed by atoms with E-state index in [4.69, 9.17) is 9.47 Å². The molecule has 0 spiro atoms. The van der Waals surface area contributed by atoms with Crippen LogP contribution in [0.1, 0.15) is 36.1 Å². The van der Waals surface area contributed by atoms with Gasteiger partial charge in [0.05, 0.1) is 24.6 Å². The minimum absolute atomic E-state index is 0.0707. The summed E-state index contributed by atoms with van der Waals surface area (Å²) in [5.74, 6) is -0.391. The Bertz CT molecular complexity index is 672. The minimum atomic E-state index is -0.748. The number of hydrogen-bond donors (Lipinski definition) is 1. The molecule has 0 fully saturated rings. The summed E-state index contributed by atoms with van der Waals surface area (Å²) in [5.41, 5.74) is 2.21. The highest BCUT2D eigenvalue weighted by atomic mass is 32.2. The monoisotopic (exact) mass is 388 g/mol. The molecule has 2 atom stereocenters. The Kier molecular flexibility index (Phi) is 9.39. The average molecular weight is 389 g/mol. The lowest BCUT2D eigenvalue weighted by Gasteiger charge is -2.23. The van der Waals surface area contributed by atoms with E-state index in [9.17, 15) is 9.90 Å². The van der Waals surface area contributed by atoms with E-state index in [1.807, 2.05) is 44.2 Å². The summed E-state index contributed by atoms with van der Waals surface area (Å²) in [5, 5.41) is 10.5. The highest BCUT2D eigenvalue weighted by Gasteiger charge is 2.23. The van der Waals surface area contributed by atoms with Crippen LogP contribution in [0.5, 0.6) is 0 Å². The number of hydrogen-bond acceptors (Lipinski definition) is 5. The standard InChI is InChI=1S/C22H28O4S/c1-3-4-14-26-21(24)16-25-15-20(23)22(18-8-6-5-7-9-18)27-19-12-10-17(2)11-13-19/h5-13,20,22-23H,3-4,14-16H2,1-2H3. The summed E-state index contributed by atoms with van der Waals surface area (Å²) in [7, 11) is 0. The molecule has 0 aliphatic carbocycles. The Morgan fingerprint density at radius 2 is 1.81 bits per heavy atom. The summed E-state index contributed by atoms with van der Waals surface area (Å²) in [6.07, 6.45) is 1.07. The van der Waals surface area contributed by atoms with Crippen molar-refractivity contribution in [3.05, 3.63) is 65.7 Å². The number of esters is 1. The number of rotatable bonds is 11. The Hall–Kier alpha value is -1.82. The second-order valence-electron chi connectivity index (χ2n) is 6.42. The third kappa shape index (κ3) is 7.75. The van der Waals surface area contributed by atoms with Crippen molar-refractivity contribution >= 4 is 17.7 Å². The molecule has 1 N–H and O–H groups in total. The zero-order valence-electron chi connectivity index (χ0n) is 16.0. The van der Waals surface area contributed by atoms with Crippen LogP contribution in [0.3, 0.4) is 0 Å². The number of benzene rings is 2. The fraction of sp³-hybridized carbons (Fsp3) is 0.409. The highest BCUT2D eigenvalue weighted by Crippen LogP contribution is 2.38. The fourth-order valence-corrected chi connectivity index (χ4v) is 3.61. The second kappa shape index (κ2) is 11.8. The molecule has 2 rings (SSSR count). The van der Waals surface area contributed by atoms with Gasteiger partial charge in [-0.1, -0.05) is 61.4 Å². The molecule has 0 saturated heterocycles. The van der Waals surface area contributed by atoms with Crippen LogP contribution in [0.25, 0.3) is 0 Å². The van der Waals surface area contributed by atoms with Crippen molar-refractivity contribution in [2.75, 3.05) is 19.8 Å². The number of thioether (sulfide) groups is 1. The first-order valence-corrected chi connectivity index (χ1v) is 10.2. The SMILES string of the molecule is CCCCOC(=O)COCC(O)C(Sc1ccc(C)cc1)c1ccccc1. The van der Waals surface area contributed by atoms with E-state index in [0.29, 0.717) is 6.61 Å². The van der Waals surface area contributed by atoms with Crippen LogP contribution < -0.4 is 0 Å². The van der Waals surface area contributed by atoms with E-state index in [2.05, 4.69) is 24.3 Å². The van der Waals surface area contributed by atoms with Crippen molar-refractivity contribution < 1.29 is 19.4 Å². The largest absolute Gasteiger partial charge is 0.464 e. The third-order valence-electron chi connectivity index (χ3n) is 4.03. The maximum Gasteiger partial charge on any atom is 0.332 e. The molecule has 2 unspecified atom stereocenters. The normalized spacial score (nSPS) is 13.1. The summed E-state index contributed by atoms with van der Waals surface area (Å²) < 4.78 is 10.5. The first kappa shape index (κ1) is 21.5. The van der Waals surface area contributed by atoms with Crippen LogP contribution in [-0.2, 0) is 14.3 Å². The van der Waals surface area contributed by atoms with Crippen molar-refractivity contribution in [1.82, 2.24) is 0 Å². The molecule has 0 aliphatic rings. The molecule has 2 aromatic carbocycles. The van der Waals surface area contributed by atoms with Gasteiger partial charge >= 0.3 is 5.97 Å². The molecule has 146 valence electrons. The molecule has 2 aromatic rings. The van der Waals surface area contributed by atoms with Crippen LogP contribution >= 0.6 is 11.8 Å². The summed E-state index contributed by atoms with van der Waals surface area (Å²) in [6.45, 7) is 4.43. The van der Waals surface area contributed by atoms with Gasteiger partial charge in [0.1, 0.15) is 6.61 Å². The summed E-state index contributed by atoms with van der Waals surface area (Å²) in [4.78, 5) is 12.7. The van der Waals surface area contributed by atoms with E-state index in [-0.39, 0.29) is 18.5 Å². The molecule has 4 nitrogen and oxygen atoms in total. The Morgan fingerprint density at radius 1 is 1.11 bits per heavy atom. The van der Waals surface area contributed by atoms with Crippen molar-refractivity contribution in [1.29, 1.82) is 0 Å². The maximum atomic E-state index is 11.6. The zero-order chi connectivity index (χ0) is 19.5. The average Bonchev–Trinajstić information content (AvgIpc) is 2.68. The Labute approximate surface area is 165 Å². The predicted octanol–water partition coefficient (Wildman–Crippen LogP) is 4.55. The van der Waals surface area contributed by atoms with Crippen LogP contribution in [0.15, 0.2) is 59.5 Å². The summed E-state index contributed by atoms with van der Waals surface area (Å²) >= 11 is 1.59. The lowest BCUT2D eigenvalue weighted by molar-refractivity contribution is -0.150. The quantitative estimate of drug-likeness (QED) is 0.348. The van der Waals surface area contributed by atoms with E-state index in [1.54, 1.807) is 11.8 Å². The first-order valence-electron chi connectivity index (χ1n) is 9.30. The zero-order valence-corrected chi connectivity index (χ0v) is 16.8. The first-order chi connectivity index (χ1) is 13.1. The second-order valence-corrected chi connectivity index (χ2v) is 7.63. The lowest BCUT2D eigenvalue weighted by Crippen LogP contribution is -2.25. The number of aryl methyl sites for hydroxylation is 1. The van der Waals surface area contributed by atoms with Crippen molar-refractivity contribution in [2.45, 2.75) is 42.9 Å². The number of aliphatic hydroxyl groups excluding tert-OH is 1. The van der Waals surface area contributed by atoms with Gasteiger partial charge in [-0.25, -0.2) is 4.79 Å². The number of carbonyl (C=O) groups excluding carboxylic acids is 1. The van der Waals surface area contributed by atoms with Gasteiger partial charge < -0.3 is 14.6 Å². The number of unbranched alkanes of at least 4 members (excludes halogenated alkanes) is 1. The molecular formula is C22H28O4S. The van der Waals surface area contributed by atoms with Crippen LogP contribution in [-0.4, -0.2) is 37.0 Å². The predicted molar refractivity (Wildman–Crippen MR) is 109 cm³/mol.